The van der Waals surface area contributed by atoms with E-state index in [9.17, 15) is 19.7 Å². The summed E-state index contributed by atoms with van der Waals surface area (Å²) in [6.45, 7) is 3.52. The van der Waals surface area contributed by atoms with Crippen molar-refractivity contribution in [1.29, 1.82) is 0 Å². The van der Waals surface area contributed by atoms with Gasteiger partial charge >= 0.3 is 11.9 Å². The fourth-order valence-corrected chi connectivity index (χ4v) is 1.47. The minimum atomic E-state index is -0.642. The first-order valence-electron chi connectivity index (χ1n) is 6.05. The number of rotatable bonds is 6. The van der Waals surface area contributed by atoms with Gasteiger partial charge in [-0.05, 0) is 26.0 Å². The van der Waals surface area contributed by atoms with E-state index < -0.39 is 23.0 Å². The monoisotopic (exact) mass is 281 g/mol. The molecule has 7 nitrogen and oxygen atoms in total. The molecule has 0 aromatic heterocycles. The fraction of sp³-hybridized carbons (Fsp3) is 0.385. The van der Waals surface area contributed by atoms with E-state index >= 15 is 0 Å². The van der Waals surface area contributed by atoms with E-state index in [1.54, 1.807) is 13.8 Å². The number of carbonyl (C=O) groups is 2. The number of ether oxygens (including phenoxy) is 2. The van der Waals surface area contributed by atoms with Crippen molar-refractivity contribution < 1.29 is 24.0 Å². The highest BCUT2D eigenvalue weighted by atomic mass is 16.6. The van der Waals surface area contributed by atoms with Gasteiger partial charge in [0.05, 0.1) is 23.5 Å². The van der Waals surface area contributed by atoms with Crippen molar-refractivity contribution >= 4 is 17.6 Å². The summed E-state index contributed by atoms with van der Waals surface area (Å²) in [6, 6.07) is 5.04. The van der Waals surface area contributed by atoms with Crippen LogP contribution >= 0.6 is 0 Å². The molecule has 0 saturated carbocycles. The molecule has 1 atom stereocenters. The zero-order valence-corrected chi connectivity index (χ0v) is 11.2. The van der Waals surface area contributed by atoms with Crippen LogP contribution in [0.4, 0.5) is 5.69 Å². The summed E-state index contributed by atoms with van der Waals surface area (Å²) >= 11 is 0. The summed E-state index contributed by atoms with van der Waals surface area (Å²) in [5.74, 6) is -1.09. The second kappa shape index (κ2) is 7.22. The number of benzene rings is 1. The summed E-state index contributed by atoms with van der Waals surface area (Å²) < 4.78 is 9.78. The molecule has 0 radical (unpaired) electrons. The first-order chi connectivity index (χ1) is 9.43. The molecule has 1 aromatic carbocycles. The third-order valence-electron chi connectivity index (χ3n) is 2.38. The van der Waals surface area contributed by atoms with Gasteiger partial charge in [0.2, 0.25) is 0 Å². The van der Waals surface area contributed by atoms with Crippen LogP contribution in [-0.2, 0) is 14.3 Å². The molecule has 0 spiro atoms. The molecule has 0 fully saturated rings. The third-order valence-corrected chi connectivity index (χ3v) is 2.38. The lowest BCUT2D eigenvalue weighted by atomic mass is 10.2. The predicted molar refractivity (Wildman–Crippen MR) is 69.2 cm³/mol. The average Bonchev–Trinajstić information content (AvgIpc) is 2.38. The maximum absolute atomic E-state index is 11.7. The number of nitro groups is 1. The summed E-state index contributed by atoms with van der Waals surface area (Å²) in [6.07, 6.45) is -0.663. The number of nitrogens with zero attached hydrogens (tertiary/aromatic N) is 1. The molecule has 0 saturated heterocycles. The first kappa shape index (κ1) is 15.6. The largest absolute Gasteiger partial charge is 0.466 e. The first-order valence-corrected chi connectivity index (χ1v) is 6.05. The number of hydrogen-bond acceptors (Lipinski definition) is 6. The summed E-state index contributed by atoms with van der Waals surface area (Å²) in [4.78, 5) is 32.9. The van der Waals surface area contributed by atoms with Gasteiger partial charge in [0.25, 0.3) is 5.69 Å². The fourth-order valence-electron chi connectivity index (χ4n) is 1.47. The number of hydrogen-bond donors (Lipinski definition) is 0. The SMILES string of the molecule is CCOC(=O)CC(C)OC(=O)c1ccc([N+](=O)[O-])cc1. The van der Waals surface area contributed by atoms with E-state index in [0.29, 0.717) is 0 Å². The molecular formula is C13H15NO6. The van der Waals surface area contributed by atoms with Crippen LogP contribution in [0.25, 0.3) is 0 Å². The molecule has 1 aromatic rings. The standard InChI is InChI=1S/C13H15NO6/c1-3-19-12(15)8-9(2)20-13(16)10-4-6-11(7-5-10)14(17)18/h4-7,9H,3,8H2,1-2H3. The average molecular weight is 281 g/mol. The van der Waals surface area contributed by atoms with E-state index in [0.717, 1.165) is 0 Å². The second-order valence-corrected chi connectivity index (χ2v) is 4.03. The Morgan fingerprint density at radius 2 is 1.90 bits per heavy atom. The molecular weight excluding hydrogens is 266 g/mol. The Labute approximate surface area is 115 Å². The molecule has 0 amide bonds. The Morgan fingerprint density at radius 1 is 1.30 bits per heavy atom. The predicted octanol–water partition coefficient (Wildman–Crippen LogP) is 2.09. The Morgan fingerprint density at radius 3 is 2.40 bits per heavy atom. The smallest absolute Gasteiger partial charge is 0.338 e. The van der Waals surface area contributed by atoms with Crippen LogP contribution in [-0.4, -0.2) is 29.6 Å². The van der Waals surface area contributed by atoms with Gasteiger partial charge < -0.3 is 9.47 Å². The maximum Gasteiger partial charge on any atom is 0.338 e. The van der Waals surface area contributed by atoms with Gasteiger partial charge in [-0.1, -0.05) is 0 Å². The van der Waals surface area contributed by atoms with Crippen molar-refractivity contribution in [3.8, 4) is 0 Å². The molecule has 0 aliphatic rings. The van der Waals surface area contributed by atoms with E-state index in [-0.39, 0.29) is 24.3 Å². The zero-order valence-electron chi connectivity index (χ0n) is 11.2. The number of esters is 2. The third kappa shape index (κ3) is 4.68. The highest BCUT2D eigenvalue weighted by molar-refractivity contribution is 5.89. The van der Waals surface area contributed by atoms with Crippen molar-refractivity contribution in [2.45, 2.75) is 26.4 Å². The minimum absolute atomic E-state index is 0.0352. The number of carbonyl (C=O) groups excluding carboxylic acids is 2. The van der Waals surface area contributed by atoms with Gasteiger partial charge in [-0.2, -0.15) is 0 Å². The van der Waals surface area contributed by atoms with Crippen LogP contribution in [0.3, 0.4) is 0 Å². The lowest BCUT2D eigenvalue weighted by Crippen LogP contribution is -2.20. The molecule has 0 heterocycles. The van der Waals surface area contributed by atoms with Crippen LogP contribution in [0, 0.1) is 10.1 Å². The van der Waals surface area contributed by atoms with Crippen LogP contribution in [0.15, 0.2) is 24.3 Å². The van der Waals surface area contributed by atoms with Gasteiger partial charge in [0.1, 0.15) is 6.10 Å². The Hall–Kier alpha value is -2.44. The highest BCUT2D eigenvalue weighted by Gasteiger charge is 2.16. The topological polar surface area (TPSA) is 95.7 Å². The summed E-state index contributed by atoms with van der Waals surface area (Å²) in [7, 11) is 0. The molecule has 0 aliphatic carbocycles. The Kier molecular flexibility index (Phi) is 5.64. The molecule has 0 N–H and O–H groups in total. The van der Waals surface area contributed by atoms with Gasteiger partial charge in [-0.25, -0.2) is 4.79 Å². The molecule has 0 aliphatic heterocycles. The van der Waals surface area contributed by atoms with E-state index in [1.165, 1.54) is 24.3 Å². The molecule has 1 rings (SSSR count). The maximum atomic E-state index is 11.7. The summed E-state index contributed by atoms with van der Waals surface area (Å²) in [5.41, 5.74) is 0.0763. The normalized spacial score (nSPS) is 11.5. The van der Waals surface area contributed by atoms with Crippen molar-refractivity contribution in [3.05, 3.63) is 39.9 Å². The lowest BCUT2D eigenvalue weighted by Gasteiger charge is -2.12. The van der Waals surface area contributed by atoms with Crippen LogP contribution in [0.2, 0.25) is 0 Å². The molecule has 1 unspecified atom stereocenters. The van der Waals surface area contributed by atoms with Gasteiger partial charge in [0.15, 0.2) is 0 Å². The molecule has 0 bridgehead atoms. The van der Waals surface area contributed by atoms with Crippen LogP contribution in [0.1, 0.15) is 30.6 Å². The van der Waals surface area contributed by atoms with Gasteiger partial charge in [-0.3, -0.25) is 14.9 Å². The van der Waals surface area contributed by atoms with Crippen molar-refractivity contribution in [3.63, 3.8) is 0 Å². The van der Waals surface area contributed by atoms with Gasteiger partial charge in [0, 0.05) is 12.1 Å². The lowest BCUT2D eigenvalue weighted by molar-refractivity contribution is -0.384. The van der Waals surface area contributed by atoms with Gasteiger partial charge in [-0.15, -0.1) is 0 Å². The van der Waals surface area contributed by atoms with Crippen LogP contribution < -0.4 is 0 Å². The second-order valence-electron chi connectivity index (χ2n) is 4.03. The zero-order chi connectivity index (χ0) is 15.1. The minimum Gasteiger partial charge on any atom is -0.466 e. The molecule has 108 valence electrons. The van der Waals surface area contributed by atoms with E-state index in [1.807, 2.05) is 0 Å². The van der Waals surface area contributed by atoms with Crippen molar-refractivity contribution in [2.75, 3.05) is 6.61 Å². The van der Waals surface area contributed by atoms with E-state index in [4.69, 9.17) is 9.47 Å². The van der Waals surface area contributed by atoms with E-state index in [2.05, 4.69) is 0 Å². The van der Waals surface area contributed by atoms with Crippen molar-refractivity contribution in [1.82, 2.24) is 0 Å². The number of non-ortho nitro benzene ring substituents is 1. The van der Waals surface area contributed by atoms with Crippen molar-refractivity contribution in [2.24, 2.45) is 0 Å². The summed E-state index contributed by atoms with van der Waals surface area (Å²) in [5, 5.41) is 10.5. The Bertz CT molecular complexity index is 496. The molecule has 7 heteroatoms. The number of nitro benzene ring substituents is 1. The molecule has 20 heavy (non-hydrogen) atoms. The Balaban J connectivity index is 2.57. The highest BCUT2D eigenvalue weighted by Crippen LogP contribution is 2.13. The van der Waals surface area contributed by atoms with Crippen LogP contribution in [0.5, 0.6) is 0 Å². The quantitative estimate of drug-likeness (QED) is 0.450.